The molecule has 1 aliphatic heterocycles. The molecule has 5 heteroatoms. The van der Waals surface area contributed by atoms with Crippen molar-refractivity contribution >= 4 is 5.65 Å². The molecule has 1 aliphatic rings. The molecule has 1 fully saturated rings. The molecule has 0 aliphatic carbocycles. The first-order valence-corrected chi connectivity index (χ1v) is 6.55. The third-order valence-corrected chi connectivity index (χ3v) is 3.52. The van der Waals surface area contributed by atoms with Crippen molar-refractivity contribution in [2.24, 2.45) is 0 Å². The van der Waals surface area contributed by atoms with Crippen LogP contribution in [0.25, 0.3) is 5.65 Å². The molecule has 0 spiro atoms. The normalized spacial score (nSPS) is 20.5. The lowest BCUT2D eigenvalue weighted by atomic mass is 10.2. The van der Waals surface area contributed by atoms with Gasteiger partial charge in [-0.05, 0) is 18.6 Å². The zero-order chi connectivity index (χ0) is 13.2. The number of hydrogen-bond donors (Lipinski definition) is 1. The van der Waals surface area contributed by atoms with Gasteiger partial charge in [0.15, 0.2) is 0 Å². The fourth-order valence-electron chi connectivity index (χ4n) is 2.50. The minimum absolute atomic E-state index is 0.0553. The van der Waals surface area contributed by atoms with Gasteiger partial charge in [-0.3, -0.25) is 4.90 Å². The largest absolute Gasteiger partial charge is 0.313 e. The number of aryl methyl sites for hydroxylation is 1. The van der Waals surface area contributed by atoms with Gasteiger partial charge in [0.1, 0.15) is 11.7 Å². The number of fused-ring (bicyclic) bond motifs is 1. The van der Waals surface area contributed by atoms with Crippen molar-refractivity contribution in [1.29, 1.82) is 5.26 Å². The van der Waals surface area contributed by atoms with Crippen LogP contribution in [0.3, 0.4) is 0 Å². The summed E-state index contributed by atoms with van der Waals surface area (Å²) >= 11 is 0. The van der Waals surface area contributed by atoms with Crippen molar-refractivity contribution in [3.63, 3.8) is 0 Å². The fourth-order valence-corrected chi connectivity index (χ4v) is 2.50. The molecule has 0 amide bonds. The predicted molar refractivity (Wildman–Crippen MR) is 72.6 cm³/mol. The van der Waals surface area contributed by atoms with E-state index < -0.39 is 0 Å². The fraction of sp³-hybridized carbons (Fsp3) is 0.429. The van der Waals surface area contributed by atoms with E-state index in [1.54, 1.807) is 0 Å². The van der Waals surface area contributed by atoms with E-state index in [0.29, 0.717) is 0 Å². The highest BCUT2D eigenvalue weighted by Gasteiger charge is 2.22. The first kappa shape index (κ1) is 12.2. The molecule has 0 saturated carbocycles. The third-order valence-electron chi connectivity index (χ3n) is 3.52. The number of nitrogens with one attached hydrogen (secondary N) is 1. The highest BCUT2D eigenvalue weighted by atomic mass is 15.2. The number of aromatic nitrogens is 2. The highest BCUT2D eigenvalue weighted by molar-refractivity contribution is 5.41. The van der Waals surface area contributed by atoms with Crippen LogP contribution in [0.4, 0.5) is 0 Å². The number of piperazine rings is 1. The standard InChI is InChI=1S/C14H17N5/c1-11-2-3-14-17-12(10-19(14)8-11)9-18-5-4-16-7-13(18)6-15/h2-3,8,10,13,16H,4-5,7,9H2,1H3. The first-order chi connectivity index (χ1) is 9.26. The lowest BCUT2D eigenvalue weighted by molar-refractivity contribution is 0.187. The molecule has 0 radical (unpaired) electrons. The quantitative estimate of drug-likeness (QED) is 0.867. The minimum Gasteiger partial charge on any atom is -0.313 e. The number of rotatable bonds is 2. The van der Waals surface area contributed by atoms with Gasteiger partial charge in [0.25, 0.3) is 0 Å². The van der Waals surface area contributed by atoms with Gasteiger partial charge in [-0.1, -0.05) is 6.07 Å². The molecule has 1 atom stereocenters. The van der Waals surface area contributed by atoms with Crippen LogP contribution >= 0.6 is 0 Å². The highest BCUT2D eigenvalue weighted by Crippen LogP contribution is 2.12. The predicted octanol–water partition coefficient (Wildman–Crippen LogP) is 0.940. The van der Waals surface area contributed by atoms with Gasteiger partial charge >= 0.3 is 0 Å². The number of imidazole rings is 1. The molecule has 2 aromatic rings. The van der Waals surface area contributed by atoms with Gasteiger partial charge in [-0.15, -0.1) is 0 Å². The van der Waals surface area contributed by atoms with E-state index in [4.69, 9.17) is 5.26 Å². The lowest BCUT2D eigenvalue weighted by Gasteiger charge is -2.31. The Balaban J connectivity index is 1.82. The van der Waals surface area contributed by atoms with Crippen molar-refractivity contribution in [2.45, 2.75) is 19.5 Å². The molecule has 1 saturated heterocycles. The van der Waals surface area contributed by atoms with Crippen LogP contribution in [0.15, 0.2) is 24.5 Å². The van der Waals surface area contributed by atoms with E-state index in [0.717, 1.165) is 37.5 Å². The lowest BCUT2D eigenvalue weighted by Crippen LogP contribution is -2.50. The summed E-state index contributed by atoms with van der Waals surface area (Å²) in [6, 6.07) is 6.38. The molecule has 1 unspecified atom stereocenters. The molecule has 2 aromatic heterocycles. The van der Waals surface area contributed by atoms with Crippen molar-refractivity contribution in [1.82, 2.24) is 19.6 Å². The summed E-state index contributed by atoms with van der Waals surface area (Å²) in [6.07, 6.45) is 4.13. The molecule has 0 aromatic carbocycles. The van der Waals surface area contributed by atoms with Gasteiger partial charge in [0.2, 0.25) is 0 Å². The topological polar surface area (TPSA) is 56.4 Å². The molecule has 1 N–H and O–H groups in total. The molecule has 0 bridgehead atoms. The molecule has 5 nitrogen and oxygen atoms in total. The Bertz CT molecular complexity index is 624. The third kappa shape index (κ3) is 2.46. The zero-order valence-electron chi connectivity index (χ0n) is 11.0. The van der Waals surface area contributed by atoms with Gasteiger partial charge in [0.05, 0.1) is 11.8 Å². The minimum atomic E-state index is -0.0553. The second kappa shape index (κ2) is 5.00. The monoisotopic (exact) mass is 255 g/mol. The number of nitrogens with zero attached hydrogens (tertiary/aromatic N) is 4. The molecular formula is C14H17N5. The Morgan fingerprint density at radius 1 is 1.47 bits per heavy atom. The van der Waals surface area contributed by atoms with Crippen molar-refractivity contribution in [2.75, 3.05) is 19.6 Å². The maximum absolute atomic E-state index is 9.16. The van der Waals surface area contributed by atoms with E-state index in [1.165, 1.54) is 5.56 Å². The summed E-state index contributed by atoms with van der Waals surface area (Å²) in [5.74, 6) is 0. The van der Waals surface area contributed by atoms with Crippen molar-refractivity contribution < 1.29 is 0 Å². The summed E-state index contributed by atoms with van der Waals surface area (Å²) in [6.45, 7) is 5.38. The summed E-state index contributed by atoms with van der Waals surface area (Å²) in [5.41, 5.74) is 3.20. The number of hydrogen-bond acceptors (Lipinski definition) is 4. The summed E-state index contributed by atoms with van der Waals surface area (Å²) < 4.78 is 2.05. The molecule has 19 heavy (non-hydrogen) atoms. The Kier molecular flexibility index (Phi) is 3.20. The molecule has 3 heterocycles. The SMILES string of the molecule is Cc1ccc2nc(CN3CCNCC3C#N)cn2c1. The second-order valence-corrected chi connectivity index (χ2v) is 5.02. The van der Waals surface area contributed by atoms with E-state index in [2.05, 4.69) is 46.7 Å². The summed E-state index contributed by atoms with van der Waals surface area (Å²) in [5, 5.41) is 12.4. The van der Waals surface area contributed by atoms with Crippen molar-refractivity contribution in [3.8, 4) is 6.07 Å². The van der Waals surface area contributed by atoms with Crippen LogP contribution in [0, 0.1) is 18.3 Å². The summed E-state index contributed by atoms with van der Waals surface area (Å²) in [7, 11) is 0. The Hall–Kier alpha value is -1.90. The van der Waals surface area contributed by atoms with E-state index in [9.17, 15) is 0 Å². The number of nitriles is 1. The van der Waals surface area contributed by atoms with Gasteiger partial charge in [-0.25, -0.2) is 4.98 Å². The molecule has 98 valence electrons. The molecular weight excluding hydrogens is 238 g/mol. The van der Waals surface area contributed by atoms with E-state index >= 15 is 0 Å². The molecule has 3 rings (SSSR count). The Morgan fingerprint density at radius 3 is 3.21 bits per heavy atom. The average molecular weight is 255 g/mol. The van der Waals surface area contributed by atoms with Gasteiger partial charge < -0.3 is 9.72 Å². The average Bonchev–Trinajstić information content (AvgIpc) is 2.80. The smallest absolute Gasteiger partial charge is 0.137 e. The van der Waals surface area contributed by atoms with Gasteiger partial charge in [-0.2, -0.15) is 5.26 Å². The van der Waals surface area contributed by atoms with Crippen molar-refractivity contribution in [3.05, 3.63) is 35.8 Å². The van der Waals surface area contributed by atoms with Crippen LogP contribution < -0.4 is 5.32 Å². The van der Waals surface area contributed by atoms with Gasteiger partial charge in [0, 0.05) is 38.6 Å². The van der Waals surface area contributed by atoms with Crippen LogP contribution in [-0.2, 0) is 6.54 Å². The maximum atomic E-state index is 9.16. The summed E-state index contributed by atoms with van der Waals surface area (Å²) in [4.78, 5) is 6.79. The second-order valence-electron chi connectivity index (χ2n) is 5.02. The zero-order valence-corrected chi connectivity index (χ0v) is 11.0. The maximum Gasteiger partial charge on any atom is 0.137 e. The van der Waals surface area contributed by atoms with Crippen LogP contribution in [0.5, 0.6) is 0 Å². The van der Waals surface area contributed by atoms with E-state index in [1.807, 2.05) is 10.5 Å². The first-order valence-electron chi connectivity index (χ1n) is 6.55. The Morgan fingerprint density at radius 2 is 2.37 bits per heavy atom. The van der Waals surface area contributed by atoms with Crippen LogP contribution in [0.1, 0.15) is 11.3 Å². The van der Waals surface area contributed by atoms with Crippen LogP contribution in [0.2, 0.25) is 0 Å². The van der Waals surface area contributed by atoms with E-state index in [-0.39, 0.29) is 6.04 Å². The van der Waals surface area contributed by atoms with Crippen LogP contribution in [-0.4, -0.2) is 40.0 Å². The number of pyridine rings is 1. The Labute approximate surface area is 112 Å².